The van der Waals surface area contributed by atoms with Crippen molar-refractivity contribution in [1.82, 2.24) is 9.80 Å². The Morgan fingerprint density at radius 2 is 1.52 bits per heavy atom. The molecule has 2 aliphatic heterocycles. The van der Waals surface area contributed by atoms with E-state index in [2.05, 4.69) is 102 Å². The van der Waals surface area contributed by atoms with E-state index in [-0.39, 0.29) is 11.8 Å². The van der Waals surface area contributed by atoms with Gasteiger partial charge in [0.25, 0.3) is 0 Å². The number of hydrogen-bond acceptors (Lipinski definition) is 2. The topological polar surface area (TPSA) is 23.6 Å². The first-order valence-electron chi connectivity index (χ1n) is 12.4. The van der Waals surface area contributed by atoms with Gasteiger partial charge in [0.05, 0.1) is 5.92 Å². The fourth-order valence-corrected chi connectivity index (χ4v) is 5.86. The Kier molecular flexibility index (Phi) is 6.59. The number of carbonyl (C=O) groups excluding carboxylic acids is 1. The molecule has 0 N–H and O–H groups in total. The third-order valence-electron chi connectivity index (χ3n) is 7.52. The number of amides is 1. The van der Waals surface area contributed by atoms with E-state index in [4.69, 9.17) is 0 Å². The molecule has 3 heteroatoms. The standard InChI is InChI=1S/C30H34N2O/c1-23-11-8-9-17-27(23)28-21-31(20-25-14-6-3-7-15-25)22-29(28)30(33)32-18-10-16-26(32)19-24-12-4-2-5-13-24/h2-9,11-15,17,26,28-29H,10,16,18-22H2,1H3. The van der Waals surface area contributed by atoms with Crippen molar-refractivity contribution in [3.8, 4) is 0 Å². The second-order valence-electron chi connectivity index (χ2n) is 9.77. The predicted molar refractivity (Wildman–Crippen MR) is 134 cm³/mol. The Balaban J connectivity index is 1.38. The van der Waals surface area contributed by atoms with E-state index in [1.54, 1.807) is 0 Å². The molecule has 2 aliphatic rings. The van der Waals surface area contributed by atoms with Gasteiger partial charge in [-0.25, -0.2) is 0 Å². The Morgan fingerprint density at radius 1 is 0.848 bits per heavy atom. The highest BCUT2D eigenvalue weighted by molar-refractivity contribution is 5.81. The molecule has 3 nitrogen and oxygen atoms in total. The van der Waals surface area contributed by atoms with E-state index in [1.807, 2.05) is 0 Å². The minimum absolute atomic E-state index is 0.0196. The summed E-state index contributed by atoms with van der Waals surface area (Å²) in [6.45, 7) is 5.76. The Labute approximate surface area is 198 Å². The van der Waals surface area contributed by atoms with Gasteiger partial charge in [0.15, 0.2) is 0 Å². The molecule has 2 saturated heterocycles. The zero-order chi connectivity index (χ0) is 22.6. The lowest BCUT2D eigenvalue weighted by Gasteiger charge is -2.30. The average molecular weight is 439 g/mol. The number of rotatable bonds is 6. The van der Waals surface area contributed by atoms with Crippen LogP contribution < -0.4 is 0 Å². The molecule has 170 valence electrons. The molecule has 0 aromatic heterocycles. The van der Waals surface area contributed by atoms with Crippen LogP contribution in [0.1, 0.15) is 41.0 Å². The van der Waals surface area contributed by atoms with Crippen molar-refractivity contribution in [1.29, 1.82) is 0 Å². The highest BCUT2D eigenvalue weighted by Crippen LogP contribution is 2.37. The van der Waals surface area contributed by atoms with E-state index in [0.29, 0.717) is 11.9 Å². The zero-order valence-electron chi connectivity index (χ0n) is 19.6. The molecule has 0 spiro atoms. The summed E-state index contributed by atoms with van der Waals surface area (Å²) in [7, 11) is 0. The van der Waals surface area contributed by atoms with Crippen molar-refractivity contribution < 1.29 is 4.79 Å². The third kappa shape index (κ3) is 4.89. The van der Waals surface area contributed by atoms with E-state index >= 15 is 0 Å². The number of likely N-dealkylation sites (tertiary alicyclic amines) is 2. The maximum absolute atomic E-state index is 14.0. The van der Waals surface area contributed by atoms with Gasteiger partial charge < -0.3 is 4.90 Å². The van der Waals surface area contributed by atoms with Crippen LogP contribution in [-0.2, 0) is 17.8 Å². The molecular weight excluding hydrogens is 404 g/mol. The first-order valence-corrected chi connectivity index (χ1v) is 12.4. The van der Waals surface area contributed by atoms with Gasteiger partial charge in [-0.3, -0.25) is 9.69 Å². The summed E-state index contributed by atoms with van der Waals surface area (Å²) in [6, 6.07) is 30.3. The summed E-state index contributed by atoms with van der Waals surface area (Å²) < 4.78 is 0. The van der Waals surface area contributed by atoms with Gasteiger partial charge in [0.1, 0.15) is 0 Å². The summed E-state index contributed by atoms with van der Waals surface area (Å²) >= 11 is 0. The first-order chi connectivity index (χ1) is 16.2. The Morgan fingerprint density at radius 3 is 2.24 bits per heavy atom. The molecule has 3 aromatic carbocycles. The minimum atomic E-state index is 0.0196. The molecule has 3 atom stereocenters. The zero-order valence-corrected chi connectivity index (χ0v) is 19.6. The largest absolute Gasteiger partial charge is 0.339 e. The first kappa shape index (κ1) is 21.9. The molecule has 2 heterocycles. The van der Waals surface area contributed by atoms with Crippen molar-refractivity contribution in [3.05, 3.63) is 107 Å². The number of benzene rings is 3. The highest BCUT2D eigenvalue weighted by Gasteiger charge is 2.43. The molecule has 0 saturated carbocycles. The van der Waals surface area contributed by atoms with Crippen molar-refractivity contribution in [3.63, 3.8) is 0 Å². The molecule has 0 aliphatic carbocycles. The van der Waals surface area contributed by atoms with Crippen molar-refractivity contribution in [2.75, 3.05) is 19.6 Å². The van der Waals surface area contributed by atoms with E-state index < -0.39 is 0 Å². The highest BCUT2D eigenvalue weighted by atomic mass is 16.2. The van der Waals surface area contributed by atoms with Crippen LogP contribution in [0.25, 0.3) is 0 Å². The SMILES string of the molecule is Cc1ccccc1C1CN(Cc2ccccc2)CC1C(=O)N1CCCC1Cc1ccccc1. The second kappa shape index (κ2) is 9.93. The summed E-state index contributed by atoms with van der Waals surface area (Å²) in [5.41, 5.74) is 5.28. The molecule has 5 rings (SSSR count). The lowest BCUT2D eigenvalue weighted by molar-refractivity contribution is -0.136. The Hall–Kier alpha value is -2.91. The number of aryl methyl sites for hydroxylation is 1. The van der Waals surface area contributed by atoms with Crippen LogP contribution in [-0.4, -0.2) is 41.4 Å². The van der Waals surface area contributed by atoms with Crippen LogP contribution in [0.2, 0.25) is 0 Å². The smallest absolute Gasteiger partial charge is 0.227 e. The predicted octanol–water partition coefficient (Wildman–Crippen LogP) is 5.44. The molecule has 3 aromatic rings. The van der Waals surface area contributed by atoms with Crippen LogP contribution in [0.15, 0.2) is 84.9 Å². The van der Waals surface area contributed by atoms with Crippen molar-refractivity contribution in [2.24, 2.45) is 5.92 Å². The van der Waals surface area contributed by atoms with Gasteiger partial charge in [-0.2, -0.15) is 0 Å². The van der Waals surface area contributed by atoms with Gasteiger partial charge in [-0.15, -0.1) is 0 Å². The number of nitrogens with zero attached hydrogens (tertiary/aromatic N) is 2. The number of hydrogen-bond donors (Lipinski definition) is 0. The normalized spacial score (nSPS) is 23.2. The van der Waals surface area contributed by atoms with E-state index in [0.717, 1.165) is 45.4 Å². The monoisotopic (exact) mass is 438 g/mol. The fourth-order valence-electron chi connectivity index (χ4n) is 5.86. The molecule has 0 bridgehead atoms. The lowest BCUT2D eigenvalue weighted by atomic mass is 9.85. The maximum atomic E-state index is 14.0. The Bertz CT molecular complexity index is 1060. The molecule has 33 heavy (non-hydrogen) atoms. The van der Waals surface area contributed by atoms with Gasteiger partial charge in [0, 0.05) is 38.1 Å². The van der Waals surface area contributed by atoms with Crippen LogP contribution in [0.5, 0.6) is 0 Å². The van der Waals surface area contributed by atoms with Gasteiger partial charge in [-0.05, 0) is 48.4 Å². The van der Waals surface area contributed by atoms with Crippen molar-refractivity contribution >= 4 is 5.91 Å². The van der Waals surface area contributed by atoms with E-state index in [9.17, 15) is 4.79 Å². The fraction of sp³-hybridized carbons (Fsp3) is 0.367. The third-order valence-corrected chi connectivity index (χ3v) is 7.52. The minimum Gasteiger partial charge on any atom is -0.339 e. The van der Waals surface area contributed by atoms with Crippen molar-refractivity contribution in [2.45, 2.75) is 44.7 Å². The van der Waals surface area contributed by atoms with Crippen LogP contribution in [0.3, 0.4) is 0 Å². The van der Waals surface area contributed by atoms with Gasteiger partial charge >= 0.3 is 0 Å². The van der Waals surface area contributed by atoms with Gasteiger partial charge in [-0.1, -0.05) is 84.9 Å². The van der Waals surface area contributed by atoms with Crippen LogP contribution in [0, 0.1) is 12.8 Å². The molecule has 2 fully saturated rings. The van der Waals surface area contributed by atoms with Crippen LogP contribution in [0.4, 0.5) is 0 Å². The summed E-state index contributed by atoms with van der Waals surface area (Å²) in [6.07, 6.45) is 3.18. The van der Waals surface area contributed by atoms with Gasteiger partial charge in [0.2, 0.25) is 5.91 Å². The number of carbonyl (C=O) groups is 1. The summed E-state index contributed by atoms with van der Waals surface area (Å²) in [4.78, 5) is 18.7. The van der Waals surface area contributed by atoms with E-state index in [1.165, 1.54) is 22.3 Å². The summed E-state index contributed by atoms with van der Waals surface area (Å²) in [5.74, 6) is 0.629. The molecule has 3 unspecified atom stereocenters. The van der Waals surface area contributed by atoms with Crippen LogP contribution >= 0.6 is 0 Å². The average Bonchev–Trinajstić information content (AvgIpc) is 3.47. The molecule has 0 radical (unpaired) electrons. The lowest BCUT2D eigenvalue weighted by Crippen LogP contribution is -2.42. The second-order valence-corrected chi connectivity index (χ2v) is 9.77. The summed E-state index contributed by atoms with van der Waals surface area (Å²) in [5, 5.41) is 0. The molecular formula is C30H34N2O. The quantitative estimate of drug-likeness (QED) is 0.511. The maximum Gasteiger partial charge on any atom is 0.227 e. The molecule has 1 amide bonds.